The first kappa shape index (κ1) is 24.3. The Morgan fingerprint density at radius 2 is 1.63 bits per heavy atom. The van der Waals surface area contributed by atoms with Crippen LogP contribution in [0.3, 0.4) is 0 Å². The van der Waals surface area contributed by atoms with Crippen LogP contribution in [0.5, 0.6) is 23.0 Å². The maximum absolute atomic E-state index is 12.4. The average molecular weight is 538 g/mol. The molecule has 0 saturated heterocycles. The lowest BCUT2D eigenvalue weighted by Crippen LogP contribution is -2.11. The molecule has 0 unspecified atom stereocenters. The van der Waals surface area contributed by atoms with Gasteiger partial charge in [0, 0.05) is 5.56 Å². The number of ether oxygens (including phenoxy) is 5. The van der Waals surface area contributed by atoms with Gasteiger partial charge < -0.3 is 23.7 Å². The Bertz CT molecular complexity index is 1260. The van der Waals surface area contributed by atoms with E-state index in [2.05, 4.69) is 20.9 Å². The summed E-state index contributed by atoms with van der Waals surface area (Å²) in [5, 5.41) is 0. The zero-order chi connectivity index (χ0) is 24.6. The van der Waals surface area contributed by atoms with E-state index in [9.17, 15) is 4.79 Å². The van der Waals surface area contributed by atoms with Crippen molar-refractivity contribution in [1.82, 2.24) is 0 Å². The minimum Gasteiger partial charge on any atom is -0.493 e. The third-order valence-corrected chi connectivity index (χ3v) is 5.52. The predicted octanol–water partition coefficient (Wildman–Crippen LogP) is 5.66. The van der Waals surface area contributed by atoms with E-state index in [1.54, 1.807) is 19.3 Å². The molecular formula is C27H24BrNO6. The van der Waals surface area contributed by atoms with E-state index in [1.165, 1.54) is 0 Å². The van der Waals surface area contributed by atoms with Gasteiger partial charge in [-0.25, -0.2) is 9.79 Å². The summed E-state index contributed by atoms with van der Waals surface area (Å²) >= 11 is 3.55. The summed E-state index contributed by atoms with van der Waals surface area (Å²) in [6.45, 7) is 2.93. The smallest absolute Gasteiger partial charge is 0.363 e. The molecule has 1 aliphatic rings. The third-order valence-electron chi connectivity index (χ3n) is 4.93. The fraction of sp³-hybridized carbons (Fsp3) is 0.185. The van der Waals surface area contributed by atoms with Crippen molar-refractivity contribution in [2.75, 3.05) is 26.9 Å². The largest absolute Gasteiger partial charge is 0.493 e. The lowest BCUT2D eigenvalue weighted by molar-refractivity contribution is -0.129. The lowest BCUT2D eigenvalue weighted by Gasteiger charge is -2.15. The normalized spacial score (nSPS) is 13.9. The van der Waals surface area contributed by atoms with Crippen LogP contribution in [0.15, 0.2) is 81.9 Å². The Kier molecular flexibility index (Phi) is 8.05. The molecule has 3 aromatic rings. The van der Waals surface area contributed by atoms with Crippen molar-refractivity contribution in [1.29, 1.82) is 0 Å². The molecule has 1 aliphatic heterocycles. The van der Waals surface area contributed by atoms with Gasteiger partial charge in [-0.3, -0.25) is 0 Å². The quantitative estimate of drug-likeness (QED) is 0.189. The lowest BCUT2D eigenvalue weighted by atomic mass is 10.1. The van der Waals surface area contributed by atoms with Gasteiger partial charge in [-0.15, -0.1) is 0 Å². The van der Waals surface area contributed by atoms with Gasteiger partial charge in [-0.05, 0) is 70.9 Å². The topological polar surface area (TPSA) is 75.6 Å². The molecule has 35 heavy (non-hydrogen) atoms. The molecule has 0 aliphatic carbocycles. The van der Waals surface area contributed by atoms with Gasteiger partial charge in [0.25, 0.3) is 0 Å². The monoisotopic (exact) mass is 537 g/mol. The summed E-state index contributed by atoms with van der Waals surface area (Å²) in [5.41, 5.74) is 1.65. The number of aliphatic imine (C=N–C) groups is 1. The number of carbonyl (C=O) groups is 1. The second kappa shape index (κ2) is 11.6. The first-order valence-electron chi connectivity index (χ1n) is 11.0. The summed E-state index contributed by atoms with van der Waals surface area (Å²) in [6.07, 6.45) is 1.65. The Morgan fingerprint density at radius 3 is 2.37 bits per heavy atom. The van der Waals surface area contributed by atoms with Crippen molar-refractivity contribution in [2.45, 2.75) is 6.92 Å². The molecule has 0 N–H and O–H groups in total. The Labute approximate surface area is 212 Å². The molecule has 0 bridgehead atoms. The minimum absolute atomic E-state index is 0.206. The number of rotatable bonds is 10. The Hall–Kier alpha value is -3.78. The highest BCUT2D eigenvalue weighted by atomic mass is 79.9. The van der Waals surface area contributed by atoms with Crippen molar-refractivity contribution >= 4 is 33.9 Å². The molecule has 0 aromatic heterocycles. The standard InChI is InChI=1S/C27H24BrNO6/c1-3-32-24-17-18(16-21-27(30)35-26(29-21)19-9-5-4-6-10-19)15-20(28)25(24)34-14-13-33-23-12-8-7-11-22(23)31-2/h4-12,15-17H,3,13-14H2,1-2H3. The first-order valence-corrected chi connectivity index (χ1v) is 11.8. The molecule has 8 heteroatoms. The van der Waals surface area contributed by atoms with Crippen molar-refractivity contribution in [3.63, 3.8) is 0 Å². The number of esters is 1. The van der Waals surface area contributed by atoms with Gasteiger partial charge in [0.1, 0.15) is 13.2 Å². The van der Waals surface area contributed by atoms with Crippen molar-refractivity contribution in [2.24, 2.45) is 4.99 Å². The number of benzene rings is 3. The molecule has 4 rings (SSSR count). The number of hydrogen-bond donors (Lipinski definition) is 0. The Balaban J connectivity index is 1.49. The summed E-state index contributed by atoms with van der Waals surface area (Å²) in [4.78, 5) is 16.7. The zero-order valence-electron chi connectivity index (χ0n) is 19.3. The van der Waals surface area contributed by atoms with Crippen LogP contribution in [0, 0.1) is 0 Å². The molecule has 0 atom stereocenters. The van der Waals surface area contributed by atoms with Crippen LogP contribution in [0.25, 0.3) is 6.08 Å². The third kappa shape index (κ3) is 6.02. The van der Waals surface area contributed by atoms with Crippen molar-refractivity contribution in [3.8, 4) is 23.0 Å². The summed E-state index contributed by atoms with van der Waals surface area (Å²) < 4.78 is 28.8. The second-order valence-corrected chi connectivity index (χ2v) is 8.17. The first-order chi connectivity index (χ1) is 17.1. The number of carbonyl (C=O) groups excluding carboxylic acids is 1. The molecule has 0 radical (unpaired) electrons. The highest BCUT2D eigenvalue weighted by Gasteiger charge is 2.24. The predicted molar refractivity (Wildman–Crippen MR) is 136 cm³/mol. The molecule has 3 aromatic carbocycles. The molecule has 0 fully saturated rings. The van der Waals surface area contributed by atoms with E-state index in [1.807, 2.05) is 67.6 Å². The second-order valence-electron chi connectivity index (χ2n) is 7.31. The van der Waals surface area contributed by atoms with Gasteiger partial charge in [0.05, 0.1) is 18.2 Å². The number of hydrogen-bond acceptors (Lipinski definition) is 7. The van der Waals surface area contributed by atoms with Crippen LogP contribution in [0.2, 0.25) is 0 Å². The maximum atomic E-state index is 12.4. The summed E-state index contributed by atoms with van der Waals surface area (Å²) in [5.74, 6) is 2.14. The molecule has 0 spiro atoms. The SMILES string of the molecule is CCOc1cc(C=C2N=C(c3ccccc3)OC2=O)cc(Br)c1OCCOc1ccccc1OC. The number of cyclic esters (lactones) is 1. The van der Waals surface area contributed by atoms with Crippen LogP contribution < -0.4 is 18.9 Å². The Morgan fingerprint density at radius 1 is 0.914 bits per heavy atom. The molecule has 0 saturated carbocycles. The van der Waals surface area contributed by atoms with E-state index in [0.29, 0.717) is 46.2 Å². The van der Waals surface area contributed by atoms with E-state index in [-0.39, 0.29) is 18.2 Å². The van der Waals surface area contributed by atoms with Crippen LogP contribution in [0.4, 0.5) is 0 Å². The number of para-hydroxylation sites is 2. The molecular weight excluding hydrogens is 514 g/mol. The van der Waals surface area contributed by atoms with Crippen molar-refractivity contribution in [3.05, 3.63) is 88.0 Å². The van der Waals surface area contributed by atoms with Crippen molar-refractivity contribution < 1.29 is 28.5 Å². The van der Waals surface area contributed by atoms with E-state index >= 15 is 0 Å². The van der Waals surface area contributed by atoms with Gasteiger partial charge in [-0.1, -0.05) is 30.3 Å². The molecule has 180 valence electrons. The van der Waals surface area contributed by atoms with Gasteiger partial charge >= 0.3 is 5.97 Å². The summed E-state index contributed by atoms with van der Waals surface area (Å²) in [7, 11) is 1.60. The van der Waals surface area contributed by atoms with Crippen LogP contribution >= 0.6 is 15.9 Å². The van der Waals surface area contributed by atoms with Gasteiger partial charge in [0.15, 0.2) is 28.7 Å². The molecule has 0 amide bonds. The average Bonchev–Trinajstić information content (AvgIpc) is 3.24. The van der Waals surface area contributed by atoms with Crippen LogP contribution in [0.1, 0.15) is 18.1 Å². The van der Waals surface area contributed by atoms with E-state index in [4.69, 9.17) is 23.7 Å². The van der Waals surface area contributed by atoms with E-state index < -0.39 is 5.97 Å². The van der Waals surface area contributed by atoms with Gasteiger partial charge in [-0.2, -0.15) is 0 Å². The maximum Gasteiger partial charge on any atom is 0.363 e. The highest BCUT2D eigenvalue weighted by molar-refractivity contribution is 9.10. The molecule has 1 heterocycles. The van der Waals surface area contributed by atoms with Crippen LogP contribution in [-0.2, 0) is 9.53 Å². The molecule has 7 nitrogen and oxygen atoms in total. The number of methoxy groups -OCH3 is 1. The summed E-state index contributed by atoms with van der Waals surface area (Å²) in [6, 6.07) is 20.3. The highest BCUT2D eigenvalue weighted by Crippen LogP contribution is 2.38. The van der Waals surface area contributed by atoms with E-state index in [0.717, 1.165) is 5.56 Å². The zero-order valence-corrected chi connectivity index (χ0v) is 20.9. The van der Waals surface area contributed by atoms with Gasteiger partial charge in [0.2, 0.25) is 5.90 Å². The number of halogens is 1. The fourth-order valence-electron chi connectivity index (χ4n) is 3.38. The van der Waals surface area contributed by atoms with Crippen LogP contribution in [-0.4, -0.2) is 38.8 Å². The fourth-order valence-corrected chi connectivity index (χ4v) is 3.95. The number of nitrogens with zero attached hydrogens (tertiary/aromatic N) is 1. The minimum atomic E-state index is -0.508.